The van der Waals surface area contributed by atoms with E-state index < -0.39 is 48.4 Å². The third kappa shape index (κ3) is 8.26. The van der Waals surface area contributed by atoms with E-state index in [1.165, 1.54) is 0 Å². The summed E-state index contributed by atoms with van der Waals surface area (Å²) < 4.78 is 0. The van der Waals surface area contributed by atoms with E-state index >= 15 is 0 Å². The average Bonchev–Trinajstić information content (AvgIpc) is 3.38. The van der Waals surface area contributed by atoms with E-state index in [2.05, 4.69) is 20.9 Å². The van der Waals surface area contributed by atoms with Crippen LogP contribution in [-0.4, -0.2) is 58.5 Å². The summed E-state index contributed by atoms with van der Waals surface area (Å²) in [5.74, 6) is -2.96. The minimum absolute atomic E-state index is 0.124. The molecule has 1 aromatic heterocycles. The zero-order valence-electron chi connectivity index (χ0n) is 22.4. The Balaban J connectivity index is 1.56. The Bertz CT molecular complexity index is 1490. The van der Waals surface area contributed by atoms with Gasteiger partial charge in [-0.05, 0) is 29.2 Å². The van der Waals surface area contributed by atoms with Crippen LogP contribution in [0.4, 0.5) is 0 Å². The third-order valence-corrected chi connectivity index (χ3v) is 6.70. The largest absolute Gasteiger partial charge is 0.480 e. The minimum Gasteiger partial charge on any atom is -0.480 e. The van der Waals surface area contributed by atoms with Gasteiger partial charge in [-0.3, -0.25) is 19.2 Å². The highest BCUT2D eigenvalue weighted by Crippen LogP contribution is 2.19. The molecule has 3 aromatic carbocycles. The highest BCUT2D eigenvalue weighted by molar-refractivity contribution is 5.94. The standard InChI is InChI=1S/C31H33N5O5/c32-24(15-20-9-3-1-4-10-20)29(39)35-27(17-22-18-33-25-14-8-7-13-23(22)25)31(41)36-26(30(40)34-19-28(37)38)16-21-11-5-2-6-12-21/h1-14,18,24,26-27,33H,15-17,19,32H2,(H,34,40)(H,35,39)(H,36,41)(H,37,38)/t24-,26-,27-/m0/s1. The first-order valence-electron chi connectivity index (χ1n) is 13.3. The molecule has 41 heavy (non-hydrogen) atoms. The first-order chi connectivity index (χ1) is 19.8. The number of carboxylic acid groups (broad SMARTS) is 1. The van der Waals surface area contributed by atoms with Crippen molar-refractivity contribution < 1.29 is 24.3 Å². The van der Waals surface area contributed by atoms with Crippen LogP contribution in [0.1, 0.15) is 16.7 Å². The van der Waals surface area contributed by atoms with Crippen molar-refractivity contribution >= 4 is 34.6 Å². The Labute approximate surface area is 237 Å². The van der Waals surface area contributed by atoms with Gasteiger partial charge in [0.25, 0.3) is 0 Å². The number of carboxylic acids is 1. The molecule has 1 heterocycles. The van der Waals surface area contributed by atoms with Gasteiger partial charge >= 0.3 is 5.97 Å². The Hall–Kier alpha value is -4.96. The van der Waals surface area contributed by atoms with Crippen molar-refractivity contribution in [1.82, 2.24) is 20.9 Å². The zero-order valence-corrected chi connectivity index (χ0v) is 22.4. The second kappa shape index (κ2) is 13.9. The van der Waals surface area contributed by atoms with Crippen molar-refractivity contribution in [1.29, 1.82) is 0 Å². The van der Waals surface area contributed by atoms with Crippen LogP contribution in [0.15, 0.2) is 91.1 Å². The fraction of sp³-hybridized carbons (Fsp3) is 0.226. The van der Waals surface area contributed by atoms with Crippen LogP contribution in [0.3, 0.4) is 0 Å². The van der Waals surface area contributed by atoms with Gasteiger partial charge in [-0.2, -0.15) is 0 Å². The Kier molecular flexibility index (Phi) is 9.85. The minimum atomic E-state index is -1.21. The predicted molar refractivity (Wildman–Crippen MR) is 155 cm³/mol. The van der Waals surface area contributed by atoms with Gasteiger partial charge in [0.15, 0.2) is 0 Å². The molecule has 212 valence electrons. The molecule has 0 bridgehead atoms. The number of aromatic nitrogens is 1. The number of carbonyl (C=O) groups is 4. The molecule has 4 aromatic rings. The lowest BCUT2D eigenvalue weighted by Gasteiger charge is -2.24. The number of hydrogen-bond acceptors (Lipinski definition) is 5. The van der Waals surface area contributed by atoms with Gasteiger partial charge in [0.2, 0.25) is 17.7 Å². The highest BCUT2D eigenvalue weighted by atomic mass is 16.4. The van der Waals surface area contributed by atoms with E-state index in [-0.39, 0.29) is 19.3 Å². The topological polar surface area (TPSA) is 166 Å². The maximum absolute atomic E-state index is 13.7. The molecule has 0 unspecified atom stereocenters. The van der Waals surface area contributed by atoms with Gasteiger partial charge in [-0.25, -0.2) is 0 Å². The first-order valence-corrected chi connectivity index (χ1v) is 13.3. The van der Waals surface area contributed by atoms with E-state index in [1.807, 2.05) is 60.7 Å². The molecule has 0 saturated heterocycles. The summed E-state index contributed by atoms with van der Waals surface area (Å²) in [4.78, 5) is 54.0. The molecule has 0 spiro atoms. The molecular formula is C31H33N5O5. The number of fused-ring (bicyclic) bond motifs is 1. The molecule has 0 fully saturated rings. The molecule has 0 radical (unpaired) electrons. The van der Waals surface area contributed by atoms with E-state index in [0.717, 1.165) is 27.6 Å². The third-order valence-electron chi connectivity index (χ3n) is 6.70. The second-order valence-corrected chi connectivity index (χ2v) is 9.78. The molecule has 0 aliphatic carbocycles. The molecule has 10 heteroatoms. The lowest BCUT2D eigenvalue weighted by molar-refractivity contribution is -0.138. The van der Waals surface area contributed by atoms with Gasteiger partial charge in [0.05, 0.1) is 6.04 Å². The van der Waals surface area contributed by atoms with Crippen LogP contribution in [0.5, 0.6) is 0 Å². The average molecular weight is 556 g/mol. The van der Waals surface area contributed by atoms with Crippen molar-refractivity contribution in [2.45, 2.75) is 37.4 Å². The summed E-state index contributed by atoms with van der Waals surface area (Å²) in [7, 11) is 0. The maximum atomic E-state index is 13.7. The van der Waals surface area contributed by atoms with Gasteiger partial charge < -0.3 is 31.8 Å². The highest BCUT2D eigenvalue weighted by Gasteiger charge is 2.29. The van der Waals surface area contributed by atoms with Gasteiger partial charge in [-0.15, -0.1) is 0 Å². The molecule has 0 aliphatic rings. The van der Waals surface area contributed by atoms with Crippen LogP contribution in [-0.2, 0) is 38.4 Å². The fourth-order valence-corrected chi connectivity index (χ4v) is 4.59. The summed E-state index contributed by atoms with van der Waals surface area (Å²) in [5, 5.41) is 17.8. The predicted octanol–water partition coefficient (Wildman–Crippen LogP) is 1.69. The molecule has 3 amide bonds. The summed E-state index contributed by atoms with van der Waals surface area (Å²) in [5.41, 5.74) is 9.54. The van der Waals surface area contributed by atoms with Gasteiger partial charge in [0, 0.05) is 29.9 Å². The lowest BCUT2D eigenvalue weighted by atomic mass is 10.0. The monoisotopic (exact) mass is 555 g/mol. The normalized spacial score (nSPS) is 13.1. The van der Waals surface area contributed by atoms with Crippen molar-refractivity contribution in [3.05, 3.63) is 108 Å². The molecule has 0 aliphatic heterocycles. The van der Waals surface area contributed by atoms with E-state index in [9.17, 15) is 19.2 Å². The van der Waals surface area contributed by atoms with E-state index in [4.69, 9.17) is 10.8 Å². The molecular weight excluding hydrogens is 522 g/mol. The van der Waals surface area contributed by atoms with Crippen LogP contribution in [0.25, 0.3) is 10.9 Å². The van der Waals surface area contributed by atoms with Crippen molar-refractivity contribution in [3.63, 3.8) is 0 Å². The number of aliphatic carboxylic acids is 1. The number of hydrogen-bond donors (Lipinski definition) is 6. The number of H-pyrrole nitrogens is 1. The maximum Gasteiger partial charge on any atom is 0.322 e. The van der Waals surface area contributed by atoms with Crippen molar-refractivity contribution in [3.8, 4) is 0 Å². The van der Waals surface area contributed by atoms with Gasteiger partial charge in [-0.1, -0.05) is 78.9 Å². The number of nitrogens with one attached hydrogen (secondary N) is 4. The summed E-state index contributed by atoms with van der Waals surface area (Å²) in [6.07, 6.45) is 2.32. The number of para-hydroxylation sites is 1. The molecule has 0 saturated carbocycles. The first kappa shape index (κ1) is 29.0. The second-order valence-electron chi connectivity index (χ2n) is 9.78. The molecule has 3 atom stereocenters. The molecule has 4 rings (SSSR count). The number of carbonyl (C=O) groups excluding carboxylic acids is 3. The Morgan fingerprint density at radius 3 is 1.93 bits per heavy atom. The number of nitrogens with two attached hydrogens (primary N) is 1. The number of aromatic amines is 1. The summed E-state index contributed by atoms with van der Waals surface area (Å²) in [6, 6.07) is 22.9. The van der Waals surface area contributed by atoms with Crippen LogP contribution >= 0.6 is 0 Å². The van der Waals surface area contributed by atoms with Gasteiger partial charge in [0.1, 0.15) is 18.6 Å². The summed E-state index contributed by atoms with van der Waals surface area (Å²) >= 11 is 0. The SMILES string of the molecule is N[C@@H](Cc1ccccc1)C(=O)N[C@@H](Cc1c[nH]c2ccccc12)C(=O)N[C@@H](Cc1ccccc1)C(=O)NCC(=O)O. The Morgan fingerprint density at radius 2 is 1.27 bits per heavy atom. The summed E-state index contributed by atoms with van der Waals surface area (Å²) in [6.45, 7) is -0.593. The van der Waals surface area contributed by atoms with Crippen LogP contribution < -0.4 is 21.7 Å². The van der Waals surface area contributed by atoms with E-state index in [1.54, 1.807) is 30.5 Å². The molecule has 7 N–H and O–H groups in total. The molecule has 10 nitrogen and oxygen atoms in total. The van der Waals surface area contributed by atoms with Crippen molar-refractivity contribution in [2.75, 3.05) is 6.54 Å². The smallest absolute Gasteiger partial charge is 0.322 e. The quantitative estimate of drug-likeness (QED) is 0.147. The number of benzene rings is 3. The van der Waals surface area contributed by atoms with E-state index in [0.29, 0.717) is 0 Å². The Morgan fingerprint density at radius 1 is 0.707 bits per heavy atom. The fourth-order valence-electron chi connectivity index (χ4n) is 4.59. The number of amides is 3. The van der Waals surface area contributed by atoms with Crippen molar-refractivity contribution in [2.24, 2.45) is 5.73 Å². The van der Waals surface area contributed by atoms with Crippen LogP contribution in [0.2, 0.25) is 0 Å². The zero-order chi connectivity index (χ0) is 29.2. The lowest BCUT2D eigenvalue weighted by Crippen LogP contribution is -2.57. The van der Waals surface area contributed by atoms with Crippen LogP contribution in [0, 0.1) is 0 Å². The number of rotatable bonds is 13.